The van der Waals surface area contributed by atoms with Crippen molar-refractivity contribution < 1.29 is 0 Å². The van der Waals surface area contributed by atoms with Crippen LogP contribution in [-0.2, 0) is 6.42 Å². The Balaban J connectivity index is 1.94. The van der Waals surface area contributed by atoms with Crippen LogP contribution >= 0.6 is 0 Å². The zero-order chi connectivity index (χ0) is 10.3. The highest BCUT2D eigenvalue weighted by Crippen LogP contribution is 2.12. The Hall–Kier alpha value is -1.55. The lowest BCUT2D eigenvalue weighted by Gasteiger charge is -2.26. The van der Waals surface area contributed by atoms with Gasteiger partial charge in [-0.2, -0.15) is 0 Å². The molecular weight excluding hydrogens is 190 g/mol. The number of nitrogens with zero attached hydrogens (tertiary/aromatic N) is 1. The standard InChI is InChI=1S/C11H13N3O/c15-10-1-2-14-7-9(13-11(14)4-10)3-8-5-12-6-8/h1-2,4,7-8,12-13H,3,5-6H2. The summed E-state index contributed by atoms with van der Waals surface area (Å²) in [6, 6.07) is 3.21. The van der Waals surface area contributed by atoms with Crippen LogP contribution in [0, 0.1) is 5.92 Å². The predicted molar refractivity (Wildman–Crippen MR) is 58.1 cm³/mol. The molecule has 0 spiro atoms. The number of hydrogen-bond acceptors (Lipinski definition) is 2. The van der Waals surface area contributed by atoms with E-state index in [9.17, 15) is 4.79 Å². The van der Waals surface area contributed by atoms with Crippen LogP contribution in [0.5, 0.6) is 0 Å². The molecule has 3 heterocycles. The van der Waals surface area contributed by atoms with E-state index in [4.69, 9.17) is 0 Å². The van der Waals surface area contributed by atoms with E-state index in [1.807, 2.05) is 4.40 Å². The van der Waals surface area contributed by atoms with Crippen molar-refractivity contribution in [2.24, 2.45) is 5.92 Å². The second-order valence-corrected chi connectivity index (χ2v) is 4.16. The first kappa shape index (κ1) is 8.73. The molecule has 0 bridgehead atoms. The number of aromatic nitrogens is 2. The van der Waals surface area contributed by atoms with Crippen LogP contribution in [0.4, 0.5) is 0 Å². The van der Waals surface area contributed by atoms with Gasteiger partial charge < -0.3 is 14.7 Å². The third-order valence-corrected chi connectivity index (χ3v) is 2.91. The Bertz CT molecular complexity index is 536. The molecule has 2 aromatic rings. The van der Waals surface area contributed by atoms with Gasteiger partial charge in [0.25, 0.3) is 0 Å². The van der Waals surface area contributed by atoms with Crippen molar-refractivity contribution in [2.45, 2.75) is 6.42 Å². The van der Waals surface area contributed by atoms with E-state index in [1.165, 1.54) is 5.69 Å². The van der Waals surface area contributed by atoms with Gasteiger partial charge in [0.2, 0.25) is 0 Å². The molecule has 4 heteroatoms. The molecule has 78 valence electrons. The van der Waals surface area contributed by atoms with Gasteiger partial charge in [-0.15, -0.1) is 0 Å². The number of hydrogen-bond donors (Lipinski definition) is 2. The molecule has 0 aromatic carbocycles. The number of imidazole rings is 1. The van der Waals surface area contributed by atoms with Gasteiger partial charge in [0.05, 0.1) is 0 Å². The zero-order valence-corrected chi connectivity index (χ0v) is 8.36. The zero-order valence-electron chi connectivity index (χ0n) is 8.36. The lowest BCUT2D eigenvalue weighted by atomic mass is 9.98. The summed E-state index contributed by atoms with van der Waals surface area (Å²) in [6.45, 7) is 2.21. The van der Waals surface area contributed by atoms with Crippen molar-refractivity contribution in [3.05, 3.63) is 40.4 Å². The molecular formula is C11H13N3O. The van der Waals surface area contributed by atoms with Crippen LogP contribution in [0.15, 0.2) is 29.3 Å². The molecule has 2 N–H and O–H groups in total. The molecule has 3 rings (SSSR count). The Morgan fingerprint density at radius 3 is 3.07 bits per heavy atom. The Morgan fingerprint density at radius 2 is 2.33 bits per heavy atom. The van der Waals surface area contributed by atoms with E-state index in [0.29, 0.717) is 0 Å². The van der Waals surface area contributed by atoms with Crippen LogP contribution in [0.1, 0.15) is 5.69 Å². The smallest absolute Gasteiger partial charge is 0.183 e. The molecule has 0 unspecified atom stereocenters. The molecule has 2 aromatic heterocycles. The minimum Gasteiger partial charge on any atom is -0.343 e. The monoisotopic (exact) mass is 203 g/mol. The lowest BCUT2D eigenvalue weighted by Crippen LogP contribution is -2.43. The highest BCUT2D eigenvalue weighted by molar-refractivity contribution is 5.39. The van der Waals surface area contributed by atoms with E-state index in [1.54, 1.807) is 18.3 Å². The SMILES string of the molecule is O=c1ccn2cc(CC3CNC3)[nH]c2c1. The predicted octanol–water partition coefficient (Wildman–Crippen LogP) is 0.390. The maximum atomic E-state index is 11.1. The molecule has 1 fully saturated rings. The van der Waals surface area contributed by atoms with Gasteiger partial charge in [-0.1, -0.05) is 0 Å². The number of fused-ring (bicyclic) bond motifs is 1. The summed E-state index contributed by atoms with van der Waals surface area (Å²) in [5, 5.41) is 3.25. The van der Waals surface area contributed by atoms with E-state index in [-0.39, 0.29) is 5.43 Å². The highest BCUT2D eigenvalue weighted by Gasteiger charge is 2.17. The third kappa shape index (κ3) is 1.57. The summed E-state index contributed by atoms with van der Waals surface area (Å²) < 4.78 is 1.96. The summed E-state index contributed by atoms with van der Waals surface area (Å²) in [5.74, 6) is 0.741. The first-order valence-corrected chi connectivity index (χ1v) is 5.22. The van der Waals surface area contributed by atoms with Crippen LogP contribution in [0.2, 0.25) is 0 Å². The summed E-state index contributed by atoms with van der Waals surface area (Å²) in [4.78, 5) is 14.4. The van der Waals surface area contributed by atoms with Crippen LogP contribution in [0.3, 0.4) is 0 Å². The summed E-state index contributed by atoms with van der Waals surface area (Å²) in [5.41, 5.74) is 2.13. The van der Waals surface area contributed by atoms with Crippen molar-refractivity contribution in [3.8, 4) is 0 Å². The molecule has 1 aliphatic heterocycles. The van der Waals surface area contributed by atoms with Crippen molar-refractivity contribution >= 4 is 5.65 Å². The van der Waals surface area contributed by atoms with Gasteiger partial charge in [0.1, 0.15) is 5.65 Å². The Morgan fingerprint density at radius 1 is 1.47 bits per heavy atom. The molecule has 0 atom stereocenters. The van der Waals surface area contributed by atoms with E-state index in [2.05, 4.69) is 16.5 Å². The van der Waals surface area contributed by atoms with Gasteiger partial charge in [0.15, 0.2) is 5.43 Å². The number of rotatable bonds is 2. The topological polar surface area (TPSA) is 49.3 Å². The van der Waals surface area contributed by atoms with Gasteiger partial charge >= 0.3 is 0 Å². The molecule has 0 saturated carbocycles. The van der Waals surface area contributed by atoms with Gasteiger partial charge in [0, 0.05) is 30.2 Å². The highest BCUT2D eigenvalue weighted by atomic mass is 16.1. The Kier molecular flexibility index (Phi) is 1.89. The summed E-state index contributed by atoms with van der Waals surface area (Å²) >= 11 is 0. The normalized spacial score (nSPS) is 16.8. The summed E-state index contributed by atoms with van der Waals surface area (Å²) in [7, 11) is 0. The van der Waals surface area contributed by atoms with E-state index < -0.39 is 0 Å². The number of nitrogens with one attached hydrogen (secondary N) is 2. The lowest BCUT2D eigenvalue weighted by molar-refractivity contribution is 0.344. The fourth-order valence-corrected chi connectivity index (χ4v) is 1.98. The molecule has 1 saturated heterocycles. The van der Waals surface area contributed by atoms with E-state index in [0.717, 1.165) is 31.1 Å². The fraction of sp³-hybridized carbons (Fsp3) is 0.364. The van der Waals surface area contributed by atoms with Crippen molar-refractivity contribution in [1.29, 1.82) is 0 Å². The van der Waals surface area contributed by atoms with Gasteiger partial charge in [-0.25, -0.2) is 0 Å². The van der Waals surface area contributed by atoms with Crippen molar-refractivity contribution in [1.82, 2.24) is 14.7 Å². The van der Waals surface area contributed by atoms with Gasteiger partial charge in [-0.3, -0.25) is 4.79 Å². The molecule has 0 radical (unpaired) electrons. The first-order valence-electron chi connectivity index (χ1n) is 5.22. The van der Waals surface area contributed by atoms with E-state index >= 15 is 0 Å². The molecule has 4 nitrogen and oxygen atoms in total. The molecule has 0 aliphatic carbocycles. The maximum absolute atomic E-state index is 11.1. The number of pyridine rings is 1. The second-order valence-electron chi connectivity index (χ2n) is 4.16. The number of aromatic amines is 1. The minimum atomic E-state index is 0.0497. The minimum absolute atomic E-state index is 0.0497. The fourth-order valence-electron chi connectivity index (χ4n) is 1.98. The number of H-pyrrole nitrogens is 1. The second kappa shape index (κ2) is 3.24. The third-order valence-electron chi connectivity index (χ3n) is 2.91. The first-order chi connectivity index (χ1) is 7.31. The molecule has 0 amide bonds. The average molecular weight is 203 g/mol. The molecule has 1 aliphatic rings. The van der Waals surface area contributed by atoms with Crippen LogP contribution in [-0.4, -0.2) is 22.5 Å². The Labute approximate surface area is 86.9 Å². The van der Waals surface area contributed by atoms with Crippen LogP contribution in [0.25, 0.3) is 5.65 Å². The molecule has 15 heavy (non-hydrogen) atoms. The van der Waals surface area contributed by atoms with Crippen molar-refractivity contribution in [3.63, 3.8) is 0 Å². The largest absolute Gasteiger partial charge is 0.343 e. The quantitative estimate of drug-likeness (QED) is 0.741. The summed E-state index contributed by atoms with van der Waals surface area (Å²) in [6.07, 6.45) is 4.92. The maximum Gasteiger partial charge on any atom is 0.183 e. The average Bonchev–Trinajstić information content (AvgIpc) is 2.53. The van der Waals surface area contributed by atoms with Crippen LogP contribution < -0.4 is 10.7 Å². The van der Waals surface area contributed by atoms with Gasteiger partial charge in [-0.05, 0) is 25.4 Å². The van der Waals surface area contributed by atoms with Crippen molar-refractivity contribution in [2.75, 3.05) is 13.1 Å².